The smallest absolute Gasteiger partial charge is 0.310 e. The number of aromatic nitrogens is 1. The maximum atomic E-state index is 12.8. The fraction of sp³-hybridized carbons (Fsp3) is 0.760. The highest BCUT2D eigenvalue weighted by Crippen LogP contribution is 2.76. The molecule has 0 bridgehead atoms. The predicted octanol–water partition coefficient (Wildman–Crippen LogP) is 11.7. The number of ether oxygens (including phenoxy) is 1. The van der Waals surface area contributed by atoms with Gasteiger partial charge in [0.05, 0.1) is 12.0 Å². The van der Waals surface area contributed by atoms with E-state index >= 15 is 0 Å². The molecule has 7 heteroatoms. The molecule has 8 rings (SSSR count). The molecule has 1 aromatic rings. The summed E-state index contributed by atoms with van der Waals surface area (Å²) in [5, 5.41) is 15.2. The molecular weight excluding hydrogens is 726 g/mol. The first-order chi connectivity index (χ1) is 27.1. The average molecular weight is 801 g/mol. The summed E-state index contributed by atoms with van der Waals surface area (Å²) in [6, 6.07) is 3.46. The molecule has 4 saturated carbocycles. The molecule has 0 amide bonds. The third kappa shape index (κ3) is 6.90. The Labute approximate surface area is 350 Å². The van der Waals surface area contributed by atoms with Crippen LogP contribution in [0.4, 0.5) is 0 Å². The highest BCUT2D eigenvalue weighted by molar-refractivity contribution is 6.29. The van der Waals surface area contributed by atoms with Crippen molar-refractivity contribution in [2.75, 3.05) is 32.8 Å². The lowest BCUT2D eigenvalue weighted by molar-refractivity contribution is -0.221. The minimum atomic E-state index is -0.808. The number of hydrogen-bond acceptors (Lipinski definition) is 5. The van der Waals surface area contributed by atoms with Gasteiger partial charge >= 0.3 is 5.97 Å². The fourth-order valence-electron chi connectivity index (χ4n) is 15.8. The van der Waals surface area contributed by atoms with Crippen LogP contribution in [0.1, 0.15) is 144 Å². The van der Waals surface area contributed by atoms with Crippen LogP contribution in [0.2, 0.25) is 5.15 Å². The number of carboxylic acid groups (broad SMARTS) is 1. The molecule has 1 saturated heterocycles. The first-order valence-corrected chi connectivity index (χ1v) is 23.5. The van der Waals surface area contributed by atoms with Gasteiger partial charge < -0.3 is 20.1 Å². The molecule has 1 aromatic heterocycles. The van der Waals surface area contributed by atoms with Crippen molar-refractivity contribution in [1.82, 2.24) is 15.2 Å². The van der Waals surface area contributed by atoms with E-state index in [2.05, 4.69) is 75.5 Å². The van der Waals surface area contributed by atoms with Gasteiger partial charge in [-0.1, -0.05) is 76.9 Å². The summed E-state index contributed by atoms with van der Waals surface area (Å²) < 4.78 is 5.95. The van der Waals surface area contributed by atoms with Crippen LogP contribution < -0.4 is 10.1 Å². The van der Waals surface area contributed by atoms with Crippen LogP contribution >= 0.6 is 11.6 Å². The Morgan fingerprint density at radius 2 is 1.75 bits per heavy atom. The van der Waals surface area contributed by atoms with Crippen molar-refractivity contribution in [3.63, 3.8) is 0 Å². The van der Waals surface area contributed by atoms with E-state index in [-0.39, 0.29) is 16.4 Å². The standard InChI is InChI=1S/C50H74ClN3O3/c1-34(2)37-15-23-50(53-28-31-54-29-9-8-10-30-54)25-24-47(6)39(43(37)50)11-12-41-46(5)19-16-38(45(3,4)40(46)17-20-48(41,47)7)35-13-21-49(22-14-35,44(55)56)26-32-57-36-18-27-52-42(51)33-36/h13,16,18,27,33,37,39-41,43,53H,1,8-12,14-15,17,19-26,28-32H2,2-7H3,(H,55,56)/t37-,39+,40-,41+,43+,46-,47+,48+,49?,50-/m0/s1. The number of allylic oxidation sites excluding steroid dienone is 5. The number of nitrogens with zero attached hydrogens (tertiary/aromatic N) is 2. The van der Waals surface area contributed by atoms with Gasteiger partial charge in [0.25, 0.3) is 0 Å². The lowest BCUT2D eigenvalue weighted by atomic mass is 9.33. The molecule has 6 nitrogen and oxygen atoms in total. The van der Waals surface area contributed by atoms with Crippen molar-refractivity contribution in [1.29, 1.82) is 0 Å². The third-order valence-electron chi connectivity index (χ3n) is 19.0. The lowest BCUT2D eigenvalue weighted by Gasteiger charge is -2.72. The molecular formula is C50H74ClN3O3. The highest BCUT2D eigenvalue weighted by atomic mass is 35.5. The molecule has 7 aliphatic rings. The molecule has 2 heterocycles. The number of rotatable bonds is 11. The number of carbonyl (C=O) groups is 1. The fourth-order valence-corrected chi connectivity index (χ4v) is 15.9. The number of fused-ring (bicyclic) bond motifs is 7. The summed E-state index contributed by atoms with van der Waals surface area (Å²) in [5.74, 6) is 3.33. The number of nitrogens with one attached hydrogen (secondary N) is 1. The molecule has 1 aliphatic heterocycles. The monoisotopic (exact) mass is 800 g/mol. The SMILES string of the molecule is C=C(C)[C@@H]1CC[C@]2(NCCN3CCCCC3)CC[C@]3(C)[C@H](CC[C@@H]4[C@@]5(C)CC=C(C6=CCC(CCOc7ccnc(Cl)c7)(C(=O)O)CC6)C(C)(C)[C@@H]5CC[C@]43C)[C@@H]12. The Hall–Kier alpha value is -2.15. The zero-order chi connectivity index (χ0) is 40.4. The molecule has 57 heavy (non-hydrogen) atoms. The summed E-state index contributed by atoms with van der Waals surface area (Å²) >= 11 is 6.05. The Morgan fingerprint density at radius 1 is 0.965 bits per heavy atom. The van der Waals surface area contributed by atoms with E-state index in [0.29, 0.717) is 71.3 Å². The summed E-state index contributed by atoms with van der Waals surface area (Å²) in [6.45, 7) is 25.5. The molecule has 314 valence electrons. The van der Waals surface area contributed by atoms with E-state index in [1.807, 2.05) is 0 Å². The van der Waals surface area contributed by atoms with Gasteiger partial charge in [0.2, 0.25) is 0 Å². The molecule has 0 aromatic carbocycles. The van der Waals surface area contributed by atoms with Crippen LogP contribution in [0.5, 0.6) is 5.75 Å². The Kier molecular flexibility index (Phi) is 11.2. The minimum absolute atomic E-state index is 0.0430. The molecule has 5 fully saturated rings. The van der Waals surface area contributed by atoms with Crippen LogP contribution in [0.25, 0.3) is 0 Å². The van der Waals surface area contributed by atoms with Crippen molar-refractivity contribution >= 4 is 17.6 Å². The maximum Gasteiger partial charge on any atom is 0.310 e. The van der Waals surface area contributed by atoms with Crippen LogP contribution in [-0.2, 0) is 4.79 Å². The number of likely N-dealkylation sites (tertiary alicyclic amines) is 1. The third-order valence-corrected chi connectivity index (χ3v) is 19.2. The number of aliphatic carboxylic acids is 1. The van der Waals surface area contributed by atoms with Gasteiger partial charge in [-0.25, -0.2) is 4.98 Å². The first kappa shape index (κ1) is 41.6. The van der Waals surface area contributed by atoms with E-state index in [1.165, 1.54) is 107 Å². The van der Waals surface area contributed by atoms with Crippen molar-refractivity contribution in [3.8, 4) is 5.75 Å². The van der Waals surface area contributed by atoms with Crippen molar-refractivity contribution in [2.24, 2.45) is 56.7 Å². The zero-order valence-corrected chi connectivity index (χ0v) is 37.1. The van der Waals surface area contributed by atoms with E-state index in [1.54, 1.807) is 18.3 Å². The van der Waals surface area contributed by atoms with Crippen molar-refractivity contribution in [2.45, 2.75) is 150 Å². The highest BCUT2D eigenvalue weighted by Gasteiger charge is 2.70. The number of piperidine rings is 1. The van der Waals surface area contributed by atoms with E-state index in [0.717, 1.165) is 25.3 Å². The Bertz CT molecular complexity index is 1770. The molecule has 10 atom stereocenters. The van der Waals surface area contributed by atoms with Gasteiger partial charge in [-0.15, -0.1) is 0 Å². The average Bonchev–Trinajstić information content (AvgIpc) is 3.56. The van der Waals surface area contributed by atoms with E-state index in [4.69, 9.17) is 16.3 Å². The van der Waals surface area contributed by atoms with Gasteiger partial charge in [0.1, 0.15) is 10.9 Å². The molecule has 6 aliphatic carbocycles. The Morgan fingerprint density at radius 3 is 2.46 bits per heavy atom. The topological polar surface area (TPSA) is 74.7 Å². The normalized spacial score (nSPS) is 41.4. The van der Waals surface area contributed by atoms with Crippen LogP contribution in [-0.4, -0.2) is 59.3 Å². The number of pyridine rings is 1. The van der Waals surface area contributed by atoms with Gasteiger partial charge in [0, 0.05) is 30.9 Å². The van der Waals surface area contributed by atoms with Gasteiger partial charge in [0.15, 0.2) is 0 Å². The summed E-state index contributed by atoms with van der Waals surface area (Å²) in [5.41, 5.74) is 4.74. The van der Waals surface area contributed by atoms with Crippen molar-refractivity contribution < 1.29 is 14.6 Å². The second kappa shape index (κ2) is 15.4. The maximum absolute atomic E-state index is 12.8. The van der Waals surface area contributed by atoms with E-state index < -0.39 is 11.4 Å². The summed E-state index contributed by atoms with van der Waals surface area (Å²) in [6.07, 6.45) is 24.9. The molecule has 0 radical (unpaired) electrons. The number of halogens is 1. The molecule has 1 unspecified atom stereocenters. The van der Waals surface area contributed by atoms with Gasteiger partial charge in [-0.05, 0) is 185 Å². The lowest BCUT2D eigenvalue weighted by Crippen LogP contribution is -2.68. The van der Waals surface area contributed by atoms with E-state index in [9.17, 15) is 9.90 Å². The van der Waals surface area contributed by atoms with Crippen LogP contribution in [0, 0.1) is 56.7 Å². The Balaban J connectivity index is 1.000. The van der Waals surface area contributed by atoms with Crippen molar-refractivity contribution in [3.05, 3.63) is 58.9 Å². The van der Waals surface area contributed by atoms with Gasteiger partial charge in [-0.2, -0.15) is 0 Å². The molecule has 0 spiro atoms. The first-order valence-electron chi connectivity index (χ1n) is 23.1. The predicted molar refractivity (Wildman–Crippen MR) is 232 cm³/mol. The number of hydrogen-bond donors (Lipinski definition) is 2. The van der Waals surface area contributed by atoms with Crippen LogP contribution in [0.15, 0.2) is 53.8 Å². The largest absolute Gasteiger partial charge is 0.493 e. The summed E-state index contributed by atoms with van der Waals surface area (Å²) in [4.78, 5) is 19.5. The second-order valence-corrected chi connectivity index (χ2v) is 22.0. The van der Waals surface area contributed by atoms with Gasteiger partial charge in [-0.3, -0.25) is 4.79 Å². The minimum Gasteiger partial charge on any atom is -0.493 e. The van der Waals surface area contributed by atoms with Crippen LogP contribution in [0.3, 0.4) is 0 Å². The quantitative estimate of drug-likeness (QED) is 0.172. The zero-order valence-electron chi connectivity index (χ0n) is 36.4. The molecule has 2 N–H and O–H groups in total. The number of carboxylic acids is 1. The summed E-state index contributed by atoms with van der Waals surface area (Å²) in [7, 11) is 0. The second-order valence-electron chi connectivity index (χ2n) is 21.6.